The van der Waals surface area contributed by atoms with Crippen molar-refractivity contribution in [2.45, 2.75) is 39.8 Å². The third kappa shape index (κ3) is 4.99. The lowest BCUT2D eigenvalue weighted by Crippen LogP contribution is -2.56. The topological polar surface area (TPSA) is 82.1 Å². The standard InChI is InChI=1S/C20H31N3O4/c1-5-22(10-11-24)19(25)12-17-20(26)21-8-9-23(17)13-16-6-7-18(27-4)15(3)14(16)2/h6-7,17,24H,5,8-13H2,1-4H3,(H,21,26). The number of carbonyl (C=O) groups is 2. The molecule has 0 saturated carbocycles. The minimum atomic E-state index is -0.499. The van der Waals surface area contributed by atoms with E-state index in [-0.39, 0.29) is 24.8 Å². The van der Waals surface area contributed by atoms with Crippen LogP contribution in [0.25, 0.3) is 0 Å². The highest BCUT2D eigenvalue weighted by molar-refractivity contribution is 5.88. The molecule has 1 aromatic carbocycles. The highest BCUT2D eigenvalue weighted by Gasteiger charge is 2.33. The molecule has 1 atom stereocenters. The molecule has 1 aromatic rings. The first-order chi connectivity index (χ1) is 12.9. The minimum absolute atomic E-state index is 0.0789. The zero-order valence-electron chi connectivity index (χ0n) is 16.7. The molecule has 1 aliphatic rings. The van der Waals surface area contributed by atoms with Gasteiger partial charge in [-0.1, -0.05) is 6.07 Å². The van der Waals surface area contributed by atoms with Gasteiger partial charge in [-0.25, -0.2) is 0 Å². The van der Waals surface area contributed by atoms with Crippen molar-refractivity contribution in [3.05, 3.63) is 28.8 Å². The van der Waals surface area contributed by atoms with E-state index in [1.807, 2.05) is 26.0 Å². The van der Waals surface area contributed by atoms with Gasteiger partial charge in [-0.05, 0) is 43.5 Å². The van der Waals surface area contributed by atoms with E-state index in [9.17, 15) is 9.59 Å². The number of rotatable bonds is 8. The summed E-state index contributed by atoms with van der Waals surface area (Å²) in [5.74, 6) is 0.626. The van der Waals surface area contributed by atoms with Crippen LogP contribution in [0.1, 0.15) is 30.0 Å². The van der Waals surface area contributed by atoms with Crippen LogP contribution < -0.4 is 10.1 Å². The summed E-state index contributed by atoms with van der Waals surface area (Å²) < 4.78 is 5.37. The molecule has 0 radical (unpaired) electrons. The number of methoxy groups -OCH3 is 1. The molecule has 2 amide bonds. The number of nitrogens with one attached hydrogen (secondary N) is 1. The number of hydrogen-bond acceptors (Lipinski definition) is 5. The number of benzene rings is 1. The Morgan fingerprint density at radius 3 is 2.74 bits per heavy atom. The first-order valence-electron chi connectivity index (χ1n) is 9.46. The average Bonchev–Trinajstić information content (AvgIpc) is 2.66. The van der Waals surface area contributed by atoms with Crippen molar-refractivity contribution in [3.63, 3.8) is 0 Å². The second kappa shape index (κ2) is 9.71. The second-order valence-electron chi connectivity index (χ2n) is 6.86. The van der Waals surface area contributed by atoms with Crippen molar-refractivity contribution in [2.24, 2.45) is 0 Å². The largest absolute Gasteiger partial charge is 0.496 e. The molecule has 2 rings (SSSR count). The van der Waals surface area contributed by atoms with Gasteiger partial charge in [0.15, 0.2) is 0 Å². The molecule has 0 bridgehead atoms. The number of hydrogen-bond donors (Lipinski definition) is 2. The number of carbonyl (C=O) groups excluding carboxylic acids is 2. The van der Waals surface area contributed by atoms with Gasteiger partial charge in [-0.15, -0.1) is 0 Å². The Hall–Kier alpha value is -2.12. The maximum Gasteiger partial charge on any atom is 0.237 e. The Balaban J connectivity index is 2.17. The van der Waals surface area contributed by atoms with E-state index in [0.29, 0.717) is 32.7 Å². The SMILES string of the molecule is CCN(CCO)C(=O)CC1C(=O)NCCN1Cc1ccc(OC)c(C)c1C. The van der Waals surface area contributed by atoms with Crippen molar-refractivity contribution < 1.29 is 19.4 Å². The minimum Gasteiger partial charge on any atom is -0.496 e. The predicted molar refractivity (Wildman–Crippen MR) is 104 cm³/mol. The van der Waals surface area contributed by atoms with E-state index in [1.165, 1.54) is 0 Å². The van der Waals surface area contributed by atoms with Crippen molar-refractivity contribution in [2.75, 3.05) is 39.9 Å². The van der Waals surface area contributed by atoms with E-state index < -0.39 is 6.04 Å². The van der Waals surface area contributed by atoms with E-state index in [1.54, 1.807) is 12.0 Å². The maximum atomic E-state index is 12.6. The van der Waals surface area contributed by atoms with Crippen molar-refractivity contribution in [1.82, 2.24) is 15.1 Å². The Labute approximate surface area is 161 Å². The Bertz CT molecular complexity index is 677. The molecule has 27 heavy (non-hydrogen) atoms. The normalized spacial score (nSPS) is 17.5. The van der Waals surface area contributed by atoms with Gasteiger partial charge in [0, 0.05) is 32.7 Å². The fraction of sp³-hybridized carbons (Fsp3) is 0.600. The predicted octanol–water partition coefficient (Wildman–Crippen LogP) is 0.843. The van der Waals surface area contributed by atoms with E-state index in [0.717, 1.165) is 22.4 Å². The summed E-state index contributed by atoms with van der Waals surface area (Å²) in [5.41, 5.74) is 3.35. The molecule has 2 N–H and O–H groups in total. The van der Waals surface area contributed by atoms with Crippen LogP contribution in [0, 0.1) is 13.8 Å². The van der Waals surface area contributed by atoms with Crippen LogP contribution >= 0.6 is 0 Å². The van der Waals surface area contributed by atoms with Crippen LogP contribution in [-0.4, -0.2) is 72.7 Å². The van der Waals surface area contributed by atoms with Gasteiger partial charge >= 0.3 is 0 Å². The van der Waals surface area contributed by atoms with E-state index >= 15 is 0 Å². The van der Waals surface area contributed by atoms with E-state index in [2.05, 4.69) is 17.1 Å². The van der Waals surface area contributed by atoms with Crippen LogP contribution in [0.2, 0.25) is 0 Å². The summed E-state index contributed by atoms with van der Waals surface area (Å²) in [7, 11) is 1.66. The Morgan fingerprint density at radius 1 is 1.37 bits per heavy atom. The molecule has 1 heterocycles. The average molecular weight is 377 g/mol. The Morgan fingerprint density at radius 2 is 2.11 bits per heavy atom. The fourth-order valence-corrected chi connectivity index (χ4v) is 3.51. The highest BCUT2D eigenvalue weighted by atomic mass is 16.5. The summed E-state index contributed by atoms with van der Waals surface area (Å²) in [6.07, 6.45) is 0.119. The van der Waals surface area contributed by atoms with Gasteiger partial charge in [-0.3, -0.25) is 14.5 Å². The molecule has 0 aromatic heterocycles. The molecular weight excluding hydrogens is 346 g/mol. The smallest absolute Gasteiger partial charge is 0.237 e. The lowest BCUT2D eigenvalue weighted by atomic mass is 10.00. The van der Waals surface area contributed by atoms with Gasteiger partial charge in [0.25, 0.3) is 0 Å². The van der Waals surface area contributed by atoms with Crippen LogP contribution in [0.15, 0.2) is 12.1 Å². The van der Waals surface area contributed by atoms with E-state index in [4.69, 9.17) is 9.84 Å². The lowest BCUT2D eigenvalue weighted by molar-refractivity contribution is -0.139. The monoisotopic (exact) mass is 377 g/mol. The number of amides is 2. The van der Waals surface area contributed by atoms with Crippen molar-refractivity contribution in [3.8, 4) is 5.75 Å². The molecule has 7 nitrogen and oxygen atoms in total. The number of piperazine rings is 1. The molecule has 150 valence electrons. The first kappa shape index (κ1) is 21.2. The number of ether oxygens (including phenoxy) is 1. The summed E-state index contributed by atoms with van der Waals surface area (Å²) in [5, 5.41) is 12.0. The van der Waals surface area contributed by atoms with Gasteiger partial charge in [0.2, 0.25) is 11.8 Å². The number of likely N-dealkylation sites (N-methyl/N-ethyl adjacent to an activating group) is 1. The number of aliphatic hydroxyl groups excluding tert-OH is 1. The molecule has 1 unspecified atom stereocenters. The first-order valence-corrected chi connectivity index (χ1v) is 9.46. The molecule has 1 aliphatic heterocycles. The van der Waals surface area contributed by atoms with Crippen LogP contribution in [0.5, 0.6) is 5.75 Å². The molecule has 1 fully saturated rings. The van der Waals surface area contributed by atoms with Crippen LogP contribution in [-0.2, 0) is 16.1 Å². The van der Waals surface area contributed by atoms with Crippen molar-refractivity contribution >= 4 is 11.8 Å². The summed E-state index contributed by atoms with van der Waals surface area (Å²) in [6.45, 7) is 8.55. The van der Waals surface area contributed by atoms with Gasteiger partial charge < -0.3 is 20.1 Å². The molecule has 7 heteroatoms. The summed E-state index contributed by atoms with van der Waals surface area (Å²) in [6, 6.07) is 3.47. The van der Waals surface area contributed by atoms with Gasteiger partial charge in [0.05, 0.1) is 26.2 Å². The number of aliphatic hydroxyl groups is 1. The van der Waals surface area contributed by atoms with Gasteiger partial charge in [-0.2, -0.15) is 0 Å². The third-order valence-corrected chi connectivity index (χ3v) is 5.36. The van der Waals surface area contributed by atoms with Crippen LogP contribution in [0.4, 0.5) is 0 Å². The molecule has 0 aliphatic carbocycles. The van der Waals surface area contributed by atoms with Crippen molar-refractivity contribution in [1.29, 1.82) is 0 Å². The zero-order chi connectivity index (χ0) is 20.0. The third-order valence-electron chi connectivity index (χ3n) is 5.36. The summed E-state index contributed by atoms with van der Waals surface area (Å²) >= 11 is 0. The molecular formula is C20H31N3O4. The van der Waals surface area contributed by atoms with Gasteiger partial charge in [0.1, 0.15) is 5.75 Å². The fourth-order valence-electron chi connectivity index (χ4n) is 3.51. The maximum absolute atomic E-state index is 12.6. The molecule has 0 spiro atoms. The quantitative estimate of drug-likeness (QED) is 0.702. The second-order valence-corrected chi connectivity index (χ2v) is 6.86. The number of nitrogens with zero attached hydrogens (tertiary/aromatic N) is 2. The molecule has 1 saturated heterocycles. The van der Waals surface area contributed by atoms with Crippen LogP contribution in [0.3, 0.4) is 0 Å². The highest BCUT2D eigenvalue weighted by Crippen LogP contribution is 2.26. The lowest BCUT2D eigenvalue weighted by Gasteiger charge is -2.36. The zero-order valence-corrected chi connectivity index (χ0v) is 16.7. The summed E-state index contributed by atoms with van der Waals surface area (Å²) in [4.78, 5) is 28.7. The Kier molecular flexibility index (Phi) is 7.62.